The standard InChI is InChI=1S/C14H16N2O4S3/c1-16-13(18)11-7-3-2-4-9(7)21-12(11)15-14(16)22-10-6-23(19,20)5-8(10)17/h8,10,17H,2-6H2,1H3/t8-,10+/m0/s1. The van der Waals surface area contributed by atoms with Crippen molar-refractivity contribution >= 4 is 43.2 Å². The van der Waals surface area contributed by atoms with E-state index in [-0.39, 0.29) is 17.1 Å². The van der Waals surface area contributed by atoms with E-state index < -0.39 is 21.2 Å². The number of sulfone groups is 1. The largest absolute Gasteiger partial charge is 0.391 e. The third-order valence-corrected chi connectivity index (χ3v) is 8.91. The van der Waals surface area contributed by atoms with Gasteiger partial charge in [-0.1, -0.05) is 11.8 Å². The van der Waals surface area contributed by atoms with Crippen LogP contribution >= 0.6 is 23.1 Å². The van der Waals surface area contributed by atoms with Crippen molar-refractivity contribution in [2.24, 2.45) is 7.05 Å². The third kappa shape index (κ3) is 2.54. The molecule has 1 aliphatic heterocycles. The average Bonchev–Trinajstić information content (AvgIpc) is 3.08. The van der Waals surface area contributed by atoms with Gasteiger partial charge in [0.2, 0.25) is 0 Å². The number of aliphatic hydroxyl groups excluding tert-OH is 1. The summed E-state index contributed by atoms with van der Waals surface area (Å²) in [5, 5.41) is 10.7. The Balaban J connectivity index is 1.77. The minimum atomic E-state index is -3.21. The summed E-state index contributed by atoms with van der Waals surface area (Å²) in [7, 11) is -1.55. The van der Waals surface area contributed by atoms with Gasteiger partial charge in [-0.3, -0.25) is 9.36 Å². The summed E-state index contributed by atoms with van der Waals surface area (Å²) < 4.78 is 24.8. The monoisotopic (exact) mass is 372 g/mol. The molecule has 1 aliphatic carbocycles. The van der Waals surface area contributed by atoms with Crippen molar-refractivity contribution < 1.29 is 13.5 Å². The summed E-state index contributed by atoms with van der Waals surface area (Å²) in [6, 6.07) is 0. The summed E-state index contributed by atoms with van der Waals surface area (Å²) in [4.78, 5) is 19.2. The zero-order valence-corrected chi connectivity index (χ0v) is 14.9. The van der Waals surface area contributed by atoms with Crippen molar-refractivity contribution in [3.05, 3.63) is 20.8 Å². The summed E-state index contributed by atoms with van der Waals surface area (Å²) in [6.45, 7) is 0. The fraction of sp³-hybridized carbons (Fsp3) is 0.571. The van der Waals surface area contributed by atoms with Gasteiger partial charge in [-0.2, -0.15) is 0 Å². The number of aromatic nitrogens is 2. The lowest BCUT2D eigenvalue weighted by molar-refractivity contribution is 0.207. The Labute approximate surface area is 141 Å². The molecule has 3 heterocycles. The van der Waals surface area contributed by atoms with Crippen LogP contribution < -0.4 is 5.56 Å². The predicted octanol–water partition coefficient (Wildman–Crippen LogP) is 0.734. The van der Waals surface area contributed by atoms with Gasteiger partial charge in [-0.15, -0.1) is 11.3 Å². The Hall–Kier alpha value is -0.900. The molecule has 4 rings (SSSR count). The first-order valence-corrected chi connectivity index (χ1v) is 10.9. The molecule has 6 nitrogen and oxygen atoms in total. The van der Waals surface area contributed by atoms with Gasteiger partial charge in [0, 0.05) is 11.9 Å². The van der Waals surface area contributed by atoms with Crippen molar-refractivity contribution in [1.29, 1.82) is 0 Å². The fourth-order valence-electron chi connectivity index (χ4n) is 3.26. The number of fused-ring (bicyclic) bond motifs is 3. The van der Waals surface area contributed by atoms with Gasteiger partial charge in [0.1, 0.15) is 4.83 Å². The maximum Gasteiger partial charge on any atom is 0.262 e. The number of hydrogen-bond acceptors (Lipinski definition) is 7. The molecule has 1 saturated heterocycles. The van der Waals surface area contributed by atoms with Crippen molar-refractivity contribution in [2.75, 3.05) is 11.5 Å². The van der Waals surface area contributed by atoms with E-state index in [1.54, 1.807) is 18.4 Å². The normalized spacial score (nSPS) is 26.0. The summed E-state index contributed by atoms with van der Waals surface area (Å²) in [6.07, 6.45) is 2.11. The topological polar surface area (TPSA) is 89.3 Å². The lowest BCUT2D eigenvalue weighted by atomic mass is 10.2. The lowest BCUT2D eigenvalue weighted by Crippen LogP contribution is -2.24. The van der Waals surface area contributed by atoms with Gasteiger partial charge < -0.3 is 5.11 Å². The molecule has 0 aromatic carbocycles. The first-order chi connectivity index (χ1) is 10.9. The molecule has 2 atom stereocenters. The van der Waals surface area contributed by atoms with Gasteiger partial charge in [0.05, 0.1) is 28.2 Å². The molecule has 2 aromatic rings. The first kappa shape index (κ1) is 15.6. The number of rotatable bonds is 2. The molecule has 1 N–H and O–H groups in total. The van der Waals surface area contributed by atoms with E-state index in [1.807, 2.05) is 0 Å². The lowest BCUT2D eigenvalue weighted by Gasteiger charge is -2.13. The van der Waals surface area contributed by atoms with Gasteiger partial charge >= 0.3 is 0 Å². The molecule has 2 aliphatic rings. The summed E-state index contributed by atoms with van der Waals surface area (Å²) in [5.74, 6) is -0.290. The van der Waals surface area contributed by atoms with Crippen LogP contribution in [0.25, 0.3) is 10.2 Å². The zero-order chi connectivity index (χ0) is 16.4. The Morgan fingerprint density at radius 1 is 1.35 bits per heavy atom. The Kier molecular flexibility index (Phi) is 3.60. The predicted molar refractivity (Wildman–Crippen MR) is 91.2 cm³/mol. The smallest absolute Gasteiger partial charge is 0.262 e. The maximum absolute atomic E-state index is 12.7. The van der Waals surface area contributed by atoms with Crippen LogP contribution in [0.1, 0.15) is 16.9 Å². The molecule has 124 valence electrons. The Bertz CT molecular complexity index is 961. The molecule has 0 radical (unpaired) electrons. The molecule has 0 saturated carbocycles. The van der Waals surface area contributed by atoms with Crippen LogP contribution in [-0.4, -0.2) is 45.9 Å². The number of thiophene rings is 1. The maximum atomic E-state index is 12.7. The van der Waals surface area contributed by atoms with E-state index in [9.17, 15) is 18.3 Å². The van der Waals surface area contributed by atoms with Crippen molar-refractivity contribution in [3.63, 3.8) is 0 Å². The van der Waals surface area contributed by atoms with Gasteiger partial charge in [-0.05, 0) is 24.8 Å². The summed E-state index contributed by atoms with van der Waals surface area (Å²) >= 11 is 2.75. The van der Waals surface area contributed by atoms with Crippen LogP contribution in [0.15, 0.2) is 9.95 Å². The molecule has 2 aromatic heterocycles. The van der Waals surface area contributed by atoms with Gasteiger partial charge in [0.25, 0.3) is 5.56 Å². The molecule has 0 spiro atoms. The SMILES string of the molecule is Cn1c(S[C@@H]2CS(=O)(=O)C[C@@H]2O)nc2sc3c(c2c1=O)CCC3. The van der Waals surface area contributed by atoms with Gasteiger partial charge in [-0.25, -0.2) is 13.4 Å². The van der Waals surface area contributed by atoms with E-state index in [1.165, 1.54) is 21.2 Å². The number of thioether (sulfide) groups is 1. The van der Waals surface area contributed by atoms with Gasteiger partial charge in [0.15, 0.2) is 15.0 Å². The zero-order valence-electron chi connectivity index (χ0n) is 12.5. The molecular weight excluding hydrogens is 356 g/mol. The average molecular weight is 372 g/mol. The van der Waals surface area contributed by atoms with Crippen LogP contribution in [0.5, 0.6) is 0 Å². The quantitative estimate of drug-likeness (QED) is 0.782. The Morgan fingerprint density at radius 2 is 2.13 bits per heavy atom. The molecule has 9 heteroatoms. The van der Waals surface area contributed by atoms with E-state index in [0.29, 0.717) is 10.5 Å². The minimum Gasteiger partial charge on any atom is -0.391 e. The number of hydrogen-bond donors (Lipinski definition) is 1. The van der Waals surface area contributed by atoms with Crippen LogP contribution in [0.4, 0.5) is 0 Å². The van der Waals surface area contributed by atoms with Crippen molar-refractivity contribution in [1.82, 2.24) is 9.55 Å². The highest BCUT2D eigenvalue weighted by molar-refractivity contribution is 8.01. The third-order valence-electron chi connectivity index (χ3n) is 4.43. The van der Waals surface area contributed by atoms with Crippen LogP contribution in [0.3, 0.4) is 0 Å². The van der Waals surface area contributed by atoms with Crippen molar-refractivity contribution in [2.45, 2.75) is 35.8 Å². The first-order valence-electron chi connectivity index (χ1n) is 7.42. The second kappa shape index (κ2) is 5.30. The van der Waals surface area contributed by atoms with E-state index in [4.69, 9.17) is 0 Å². The van der Waals surface area contributed by atoms with E-state index in [0.717, 1.165) is 29.7 Å². The molecular formula is C14H16N2O4S3. The van der Waals surface area contributed by atoms with Crippen LogP contribution in [0, 0.1) is 0 Å². The minimum absolute atomic E-state index is 0.0757. The number of aliphatic hydroxyl groups is 1. The van der Waals surface area contributed by atoms with Crippen molar-refractivity contribution in [3.8, 4) is 0 Å². The molecule has 0 bridgehead atoms. The van der Waals surface area contributed by atoms with Crippen LogP contribution in [-0.2, 0) is 29.7 Å². The number of nitrogens with zero attached hydrogens (tertiary/aromatic N) is 2. The number of aryl methyl sites for hydroxylation is 2. The van der Waals surface area contributed by atoms with E-state index >= 15 is 0 Å². The highest BCUT2D eigenvalue weighted by Crippen LogP contribution is 2.36. The second-order valence-corrected chi connectivity index (χ2v) is 10.5. The fourth-order valence-corrected chi connectivity index (χ4v) is 8.10. The molecule has 23 heavy (non-hydrogen) atoms. The molecule has 0 amide bonds. The van der Waals surface area contributed by atoms with E-state index in [2.05, 4.69) is 4.98 Å². The molecule has 1 fully saturated rings. The highest BCUT2D eigenvalue weighted by atomic mass is 32.2. The second-order valence-electron chi connectivity index (χ2n) is 6.10. The summed E-state index contributed by atoms with van der Waals surface area (Å²) in [5.41, 5.74) is 1.06. The Morgan fingerprint density at radius 3 is 2.83 bits per heavy atom. The van der Waals surface area contributed by atoms with Crippen LogP contribution in [0.2, 0.25) is 0 Å². The molecule has 0 unspecified atom stereocenters. The highest BCUT2D eigenvalue weighted by Gasteiger charge is 2.38.